The summed E-state index contributed by atoms with van der Waals surface area (Å²) < 4.78 is 0. The minimum Gasteiger partial charge on any atom is -0.369 e. The number of hydrogen-bond acceptors (Lipinski definition) is 3. The van der Waals surface area contributed by atoms with Crippen molar-refractivity contribution in [1.29, 1.82) is 0 Å². The normalized spacial score (nSPS) is 15.5. The van der Waals surface area contributed by atoms with E-state index in [0.717, 1.165) is 0 Å². The van der Waals surface area contributed by atoms with Gasteiger partial charge in [-0.1, -0.05) is 30.3 Å². The molecular formula is C17H22N2O3. The van der Waals surface area contributed by atoms with Crippen molar-refractivity contribution < 1.29 is 14.4 Å². The highest BCUT2D eigenvalue weighted by Gasteiger charge is 2.25. The Bertz CT molecular complexity index is 534. The van der Waals surface area contributed by atoms with E-state index in [1.165, 1.54) is 0 Å². The number of carbonyl (C=O) groups is 3. The monoisotopic (exact) mass is 302 g/mol. The van der Waals surface area contributed by atoms with Crippen molar-refractivity contribution in [3.8, 4) is 0 Å². The molecule has 0 spiro atoms. The molecule has 1 aliphatic heterocycles. The third-order valence-corrected chi connectivity index (χ3v) is 4.14. The number of benzene rings is 1. The topological polar surface area (TPSA) is 80.5 Å². The molecule has 2 rings (SSSR count). The summed E-state index contributed by atoms with van der Waals surface area (Å²) in [5.74, 6) is -0.256. The standard InChI is InChI=1S/C17H22N2O3/c18-17(22)14-9-11-19(12-10-14)16(21)8-4-7-15(20)13-5-2-1-3-6-13/h1-3,5-6,14H,4,7-12H2,(H2,18,22). The smallest absolute Gasteiger partial charge is 0.222 e. The van der Waals surface area contributed by atoms with Gasteiger partial charge in [0, 0.05) is 37.4 Å². The Labute approximate surface area is 130 Å². The van der Waals surface area contributed by atoms with E-state index in [-0.39, 0.29) is 23.5 Å². The van der Waals surface area contributed by atoms with Gasteiger partial charge in [-0.3, -0.25) is 14.4 Å². The lowest BCUT2D eigenvalue weighted by Crippen LogP contribution is -2.41. The zero-order chi connectivity index (χ0) is 15.9. The summed E-state index contributed by atoms with van der Waals surface area (Å²) in [5.41, 5.74) is 5.97. The van der Waals surface area contributed by atoms with E-state index in [4.69, 9.17) is 5.73 Å². The third-order valence-electron chi connectivity index (χ3n) is 4.14. The predicted molar refractivity (Wildman–Crippen MR) is 83.1 cm³/mol. The number of carbonyl (C=O) groups excluding carboxylic acids is 3. The van der Waals surface area contributed by atoms with Gasteiger partial charge in [-0.2, -0.15) is 0 Å². The van der Waals surface area contributed by atoms with Gasteiger partial charge in [-0.15, -0.1) is 0 Å². The first-order chi connectivity index (χ1) is 10.6. The molecule has 1 fully saturated rings. The van der Waals surface area contributed by atoms with Gasteiger partial charge in [-0.25, -0.2) is 0 Å². The van der Waals surface area contributed by atoms with Crippen LogP contribution in [-0.2, 0) is 9.59 Å². The minimum absolute atomic E-state index is 0.0591. The lowest BCUT2D eigenvalue weighted by atomic mass is 9.96. The van der Waals surface area contributed by atoms with Gasteiger partial charge >= 0.3 is 0 Å². The maximum atomic E-state index is 12.1. The number of piperidine rings is 1. The van der Waals surface area contributed by atoms with Crippen molar-refractivity contribution in [2.45, 2.75) is 32.1 Å². The number of nitrogens with two attached hydrogens (primary N) is 1. The number of ketones is 1. The molecule has 2 amide bonds. The molecule has 1 saturated heterocycles. The molecular weight excluding hydrogens is 280 g/mol. The van der Waals surface area contributed by atoms with Crippen LogP contribution in [-0.4, -0.2) is 35.6 Å². The summed E-state index contributed by atoms with van der Waals surface area (Å²) >= 11 is 0. The fourth-order valence-corrected chi connectivity index (χ4v) is 2.74. The summed E-state index contributed by atoms with van der Waals surface area (Å²) in [5, 5.41) is 0. The van der Waals surface area contributed by atoms with Crippen molar-refractivity contribution >= 4 is 17.6 Å². The largest absolute Gasteiger partial charge is 0.369 e. The molecule has 0 radical (unpaired) electrons. The van der Waals surface area contributed by atoms with Crippen LogP contribution in [0.5, 0.6) is 0 Å². The maximum Gasteiger partial charge on any atom is 0.222 e. The van der Waals surface area contributed by atoms with E-state index in [0.29, 0.717) is 50.8 Å². The Hall–Kier alpha value is -2.17. The molecule has 1 heterocycles. The SMILES string of the molecule is NC(=O)C1CCN(C(=O)CCCC(=O)c2ccccc2)CC1. The second-order valence-electron chi connectivity index (χ2n) is 5.70. The molecule has 118 valence electrons. The van der Waals surface area contributed by atoms with E-state index in [9.17, 15) is 14.4 Å². The number of rotatable bonds is 6. The van der Waals surface area contributed by atoms with Crippen LogP contribution in [0.2, 0.25) is 0 Å². The van der Waals surface area contributed by atoms with Gasteiger partial charge in [0.15, 0.2) is 5.78 Å². The second-order valence-corrected chi connectivity index (χ2v) is 5.70. The molecule has 5 nitrogen and oxygen atoms in total. The first-order valence-electron chi connectivity index (χ1n) is 7.73. The van der Waals surface area contributed by atoms with Gasteiger partial charge in [0.25, 0.3) is 0 Å². The summed E-state index contributed by atoms with van der Waals surface area (Å²) in [6, 6.07) is 9.12. The van der Waals surface area contributed by atoms with Crippen molar-refractivity contribution in [2.75, 3.05) is 13.1 Å². The molecule has 0 saturated carbocycles. The molecule has 1 aromatic carbocycles. The van der Waals surface area contributed by atoms with Crippen molar-refractivity contribution in [2.24, 2.45) is 11.7 Å². The molecule has 0 atom stereocenters. The fraction of sp³-hybridized carbons (Fsp3) is 0.471. The number of primary amides is 1. The van der Waals surface area contributed by atoms with Crippen LogP contribution < -0.4 is 5.73 Å². The zero-order valence-corrected chi connectivity index (χ0v) is 12.7. The summed E-state index contributed by atoms with van der Waals surface area (Å²) in [7, 11) is 0. The van der Waals surface area contributed by atoms with E-state index >= 15 is 0 Å². The van der Waals surface area contributed by atoms with E-state index < -0.39 is 0 Å². The molecule has 0 aliphatic carbocycles. The highest BCUT2D eigenvalue weighted by Crippen LogP contribution is 2.18. The van der Waals surface area contributed by atoms with Crippen LogP contribution in [0.4, 0.5) is 0 Å². The Kier molecular flexibility index (Phi) is 5.69. The summed E-state index contributed by atoms with van der Waals surface area (Å²) in [6.07, 6.45) is 2.60. The van der Waals surface area contributed by atoms with E-state index in [1.54, 1.807) is 17.0 Å². The Morgan fingerprint density at radius 1 is 1.05 bits per heavy atom. The number of likely N-dealkylation sites (tertiary alicyclic amines) is 1. The summed E-state index contributed by atoms with van der Waals surface area (Å²) in [6.45, 7) is 1.16. The maximum absolute atomic E-state index is 12.1. The molecule has 0 bridgehead atoms. The van der Waals surface area contributed by atoms with Crippen LogP contribution in [0.3, 0.4) is 0 Å². The quantitative estimate of drug-likeness (QED) is 0.813. The highest BCUT2D eigenvalue weighted by molar-refractivity contribution is 5.96. The number of amides is 2. The molecule has 2 N–H and O–H groups in total. The van der Waals surface area contributed by atoms with Gasteiger partial charge in [0.05, 0.1) is 0 Å². The molecule has 0 unspecified atom stereocenters. The van der Waals surface area contributed by atoms with E-state index in [2.05, 4.69) is 0 Å². The molecule has 0 aromatic heterocycles. The Balaban J connectivity index is 1.70. The molecule has 1 aliphatic rings. The predicted octanol–water partition coefficient (Wildman–Crippen LogP) is 1.76. The molecule has 5 heteroatoms. The minimum atomic E-state index is -0.277. The number of hydrogen-bond donors (Lipinski definition) is 1. The third kappa shape index (κ3) is 4.41. The molecule has 1 aromatic rings. The fourth-order valence-electron chi connectivity index (χ4n) is 2.74. The van der Waals surface area contributed by atoms with Gasteiger partial charge in [0.2, 0.25) is 11.8 Å². The first kappa shape index (κ1) is 16.2. The second kappa shape index (κ2) is 7.73. The highest BCUT2D eigenvalue weighted by atomic mass is 16.2. The van der Waals surface area contributed by atoms with Gasteiger partial charge in [0.1, 0.15) is 0 Å². The van der Waals surface area contributed by atoms with Crippen LogP contribution in [0.15, 0.2) is 30.3 Å². The molecule has 22 heavy (non-hydrogen) atoms. The average Bonchev–Trinajstić information content (AvgIpc) is 2.55. The van der Waals surface area contributed by atoms with Crippen LogP contribution in [0, 0.1) is 5.92 Å². The van der Waals surface area contributed by atoms with Gasteiger partial charge < -0.3 is 10.6 Å². The average molecular weight is 302 g/mol. The first-order valence-corrected chi connectivity index (χ1v) is 7.73. The van der Waals surface area contributed by atoms with Crippen molar-refractivity contribution in [3.05, 3.63) is 35.9 Å². The van der Waals surface area contributed by atoms with Crippen LogP contribution >= 0.6 is 0 Å². The van der Waals surface area contributed by atoms with Crippen molar-refractivity contribution in [1.82, 2.24) is 4.90 Å². The number of nitrogens with zero attached hydrogens (tertiary/aromatic N) is 1. The number of Topliss-reactive ketones (excluding diaryl/α,β-unsaturated/α-hetero) is 1. The lowest BCUT2D eigenvalue weighted by molar-refractivity contribution is -0.134. The summed E-state index contributed by atoms with van der Waals surface area (Å²) in [4.78, 5) is 36.9. The van der Waals surface area contributed by atoms with Gasteiger partial charge in [-0.05, 0) is 19.3 Å². The Morgan fingerprint density at radius 3 is 2.27 bits per heavy atom. The Morgan fingerprint density at radius 2 is 1.68 bits per heavy atom. The van der Waals surface area contributed by atoms with Crippen molar-refractivity contribution in [3.63, 3.8) is 0 Å². The van der Waals surface area contributed by atoms with Crippen LogP contribution in [0.25, 0.3) is 0 Å². The zero-order valence-electron chi connectivity index (χ0n) is 12.7. The lowest BCUT2D eigenvalue weighted by Gasteiger charge is -2.30. The van der Waals surface area contributed by atoms with E-state index in [1.807, 2.05) is 18.2 Å². The van der Waals surface area contributed by atoms with Crippen LogP contribution in [0.1, 0.15) is 42.5 Å².